The van der Waals surface area contributed by atoms with Crippen LogP contribution in [0.15, 0.2) is 61.2 Å². The van der Waals surface area contributed by atoms with Crippen molar-refractivity contribution in [2.75, 3.05) is 31.6 Å². The summed E-state index contributed by atoms with van der Waals surface area (Å²) >= 11 is 6.38. The van der Waals surface area contributed by atoms with Crippen molar-refractivity contribution in [3.63, 3.8) is 0 Å². The van der Waals surface area contributed by atoms with Crippen molar-refractivity contribution in [2.45, 2.75) is 25.3 Å². The van der Waals surface area contributed by atoms with Gasteiger partial charge in [0.1, 0.15) is 11.4 Å². The van der Waals surface area contributed by atoms with Crippen molar-refractivity contribution in [1.29, 1.82) is 0 Å². The van der Waals surface area contributed by atoms with Crippen LogP contribution in [-0.4, -0.2) is 57.5 Å². The Hall–Kier alpha value is -3.49. The lowest BCUT2D eigenvalue weighted by molar-refractivity contribution is 0.0967. The van der Waals surface area contributed by atoms with Gasteiger partial charge in [0.05, 0.1) is 24.1 Å². The summed E-state index contributed by atoms with van der Waals surface area (Å²) in [7, 11) is 1.58. The second-order valence-corrected chi connectivity index (χ2v) is 9.01. The number of hydrogen-bond donors (Lipinski definition) is 1. The number of piperidine rings is 1. The summed E-state index contributed by atoms with van der Waals surface area (Å²) in [5.41, 5.74) is 2.11. The van der Waals surface area contributed by atoms with Gasteiger partial charge in [-0.3, -0.25) is 14.6 Å². The van der Waals surface area contributed by atoms with Crippen LogP contribution >= 0.6 is 11.6 Å². The van der Waals surface area contributed by atoms with Gasteiger partial charge in [0, 0.05) is 36.4 Å². The summed E-state index contributed by atoms with van der Waals surface area (Å²) in [4.78, 5) is 34.5. The van der Waals surface area contributed by atoms with Gasteiger partial charge in [0.15, 0.2) is 0 Å². The van der Waals surface area contributed by atoms with Crippen molar-refractivity contribution >= 4 is 34.5 Å². The SMILES string of the molecule is COc1ccnc2[nH]cc(C(=O)N(CC(c3cccc(Cl)c3)N3CCCCC3)c3ncccn3)c12. The number of pyridine rings is 1. The molecule has 1 aliphatic rings. The number of nitrogens with one attached hydrogen (secondary N) is 1. The molecule has 4 heterocycles. The number of fused-ring (bicyclic) bond motifs is 1. The molecule has 3 aromatic heterocycles. The molecule has 4 aromatic rings. The number of aromatic nitrogens is 4. The van der Waals surface area contributed by atoms with Gasteiger partial charge < -0.3 is 9.72 Å². The van der Waals surface area contributed by atoms with Gasteiger partial charge in [-0.15, -0.1) is 0 Å². The second-order valence-electron chi connectivity index (χ2n) is 8.57. The third-order valence-electron chi connectivity index (χ3n) is 6.44. The predicted octanol–water partition coefficient (Wildman–Crippen LogP) is 4.89. The largest absolute Gasteiger partial charge is 0.496 e. The average molecular weight is 491 g/mol. The monoisotopic (exact) mass is 490 g/mol. The molecule has 8 nitrogen and oxygen atoms in total. The first-order valence-corrected chi connectivity index (χ1v) is 12.1. The Labute approximate surface area is 208 Å². The number of anilines is 1. The van der Waals surface area contributed by atoms with E-state index in [4.69, 9.17) is 16.3 Å². The van der Waals surface area contributed by atoms with E-state index in [2.05, 4.69) is 30.9 Å². The lowest BCUT2D eigenvalue weighted by Crippen LogP contribution is -2.43. The fourth-order valence-corrected chi connectivity index (χ4v) is 4.94. The maximum Gasteiger partial charge on any atom is 0.263 e. The predicted molar refractivity (Wildman–Crippen MR) is 136 cm³/mol. The molecule has 1 fully saturated rings. The van der Waals surface area contributed by atoms with Gasteiger partial charge in [0.2, 0.25) is 5.95 Å². The minimum atomic E-state index is -0.224. The molecule has 180 valence electrons. The number of benzene rings is 1. The molecule has 1 atom stereocenters. The Morgan fingerprint density at radius 1 is 1.11 bits per heavy atom. The molecule has 0 radical (unpaired) electrons. The molecule has 1 amide bonds. The van der Waals surface area contributed by atoms with Crippen molar-refractivity contribution in [3.05, 3.63) is 77.3 Å². The van der Waals surface area contributed by atoms with E-state index in [0.29, 0.717) is 39.9 Å². The molecule has 1 N–H and O–H groups in total. The van der Waals surface area contributed by atoms with Crippen molar-refractivity contribution < 1.29 is 9.53 Å². The molecule has 35 heavy (non-hydrogen) atoms. The lowest BCUT2D eigenvalue weighted by atomic mass is 10.0. The van der Waals surface area contributed by atoms with E-state index in [-0.39, 0.29) is 11.9 Å². The van der Waals surface area contributed by atoms with Crippen molar-refractivity contribution in [2.24, 2.45) is 0 Å². The standard InChI is InChI=1S/C26H27ClN6O2/c1-35-22-9-12-28-24-23(22)20(16-31-24)25(34)33(26-29-10-6-11-30-26)17-21(32-13-3-2-4-14-32)18-7-5-8-19(27)15-18/h5-12,15-16,21H,2-4,13-14,17H2,1H3,(H,28,31). The van der Waals surface area contributed by atoms with Crippen molar-refractivity contribution in [3.8, 4) is 5.75 Å². The van der Waals surface area contributed by atoms with Crippen LogP contribution in [0.5, 0.6) is 5.75 Å². The fraction of sp³-hybridized carbons (Fsp3) is 0.308. The molecule has 1 saturated heterocycles. The van der Waals surface area contributed by atoms with E-state index in [1.807, 2.05) is 18.2 Å². The van der Waals surface area contributed by atoms with E-state index < -0.39 is 0 Å². The summed E-state index contributed by atoms with van der Waals surface area (Å²) in [6, 6.07) is 11.3. The molecular formula is C26H27ClN6O2. The van der Waals surface area contributed by atoms with Crippen LogP contribution in [0.1, 0.15) is 41.2 Å². The average Bonchev–Trinajstić information content (AvgIpc) is 3.34. The number of aromatic amines is 1. The van der Waals surface area contributed by atoms with Gasteiger partial charge in [-0.05, 0) is 55.8 Å². The van der Waals surface area contributed by atoms with Gasteiger partial charge in [-0.1, -0.05) is 30.2 Å². The molecule has 0 aliphatic carbocycles. The Balaban J connectivity index is 1.58. The number of carbonyl (C=O) groups excluding carboxylic acids is 1. The van der Waals surface area contributed by atoms with Crippen LogP contribution in [0.4, 0.5) is 5.95 Å². The molecule has 1 aliphatic heterocycles. The van der Waals surface area contributed by atoms with E-state index in [1.54, 1.807) is 48.9 Å². The molecule has 5 rings (SSSR count). The maximum atomic E-state index is 14.1. The summed E-state index contributed by atoms with van der Waals surface area (Å²) in [6.07, 6.45) is 10.1. The Morgan fingerprint density at radius 3 is 2.66 bits per heavy atom. The maximum absolute atomic E-state index is 14.1. The molecule has 1 aromatic carbocycles. The zero-order valence-corrected chi connectivity index (χ0v) is 20.3. The zero-order valence-electron chi connectivity index (χ0n) is 19.5. The van der Waals surface area contributed by atoms with Gasteiger partial charge in [0.25, 0.3) is 5.91 Å². The Kier molecular flexibility index (Phi) is 6.92. The van der Waals surface area contributed by atoms with Crippen LogP contribution in [0.25, 0.3) is 11.0 Å². The highest BCUT2D eigenvalue weighted by Crippen LogP contribution is 2.32. The number of H-pyrrole nitrogens is 1. The molecule has 9 heteroatoms. The molecule has 0 spiro atoms. The van der Waals surface area contributed by atoms with Gasteiger partial charge >= 0.3 is 0 Å². The van der Waals surface area contributed by atoms with E-state index in [0.717, 1.165) is 31.5 Å². The first kappa shape index (κ1) is 23.3. The zero-order chi connectivity index (χ0) is 24.2. The normalized spacial score (nSPS) is 15.1. The van der Waals surface area contributed by atoms with Crippen LogP contribution in [0, 0.1) is 0 Å². The summed E-state index contributed by atoms with van der Waals surface area (Å²) in [6.45, 7) is 2.29. The minimum absolute atomic E-state index is 0.0630. The Bertz CT molecular complexity index is 1310. The number of nitrogens with zero attached hydrogens (tertiary/aromatic N) is 5. The number of amides is 1. The highest BCUT2D eigenvalue weighted by molar-refractivity contribution is 6.30. The lowest BCUT2D eigenvalue weighted by Gasteiger charge is -2.37. The van der Waals surface area contributed by atoms with Crippen LogP contribution in [-0.2, 0) is 0 Å². The summed E-state index contributed by atoms with van der Waals surface area (Å²) in [5, 5.41) is 1.31. The third kappa shape index (κ3) is 4.85. The number of halogens is 1. The minimum Gasteiger partial charge on any atom is -0.496 e. The number of methoxy groups -OCH3 is 1. The summed E-state index contributed by atoms with van der Waals surface area (Å²) in [5.74, 6) is 0.701. The number of carbonyl (C=O) groups is 1. The van der Waals surface area contributed by atoms with E-state index in [1.165, 1.54) is 6.42 Å². The number of likely N-dealkylation sites (tertiary alicyclic amines) is 1. The number of ether oxygens (including phenoxy) is 1. The first-order chi connectivity index (χ1) is 17.2. The van der Waals surface area contributed by atoms with Crippen LogP contribution in [0.2, 0.25) is 5.02 Å². The van der Waals surface area contributed by atoms with E-state index >= 15 is 0 Å². The van der Waals surface area contributed by atoms with E-state index in [9.17, 15) is 4.79 Å². The fourth-order valence-electron chi connectivity index (χ4n) is 4.75. The topological polar surface area (TPSA) is 87.2 Å². The second kappa shape index (κ2) is 10.4. The van der Waals surface area contributed by atoms with Gasteiger partial charge in [-0.25, -0.2) is 15.0 Å². The summed E-state index contributed by atoms with van der Waals surface area (Å²) < 4.78 is 5.54. The smallest absolute Gasteiger partial charge is 0.263 e. The quantitative estimate of drug-likeness (QED) is 0.397. The number of hydrogen-bond acceptors (Lipinski definition) is 6. The number of rotatable bonds is 7. The highest BCUT2D eigenvalue weighted by Gasteiger charge is 2.31. The molecular weight excluding hydrogens is 464 g/mol. The third-order valence-corrected chi connectivity index (χ3v) is 6.68. The molecule has 0 saturated carbocycles. The molecule has 1 unspecified atom stereocenters. The van der Waals surface area contributed by atoms with Crippen LogP contribution < -0.4 is 9.64 Å². The molecule has 0 bridgehead atoms. The highest BCUT2D eigenvalue weighted by atomic mass is 35.5. The van der Waals surface area contributed by atoms with Crippen LogP contribution in [0.3, 0.4) is 0 Å². The van der Waals surface area contributed by atoms with Gasteiger partial charge in [-0.2, -0.15) is 0 Å². The Morgan fingerprint density at radius 2 is 1.91 bits per heavy atom. The first-order valence-electron chi connectivity index (χ1n) is 11.7. The van der Waals surface area contributed by atoms with Crippen molar-refractivity contribution in [1.82, 2.24) is 24.8 Å².